The van der Waals surface area contributed by atoms with Gasteiger partial charge in [0, 0.05) is 6.42 Å². The number of aliphatic imine (C=N–C) groups is 1. The van der Waals surface area contributed by atoms with E-state index in [1.54, 1.807) is 6.07 Å². The van der Waals surface area contributed by atoms with Crippen molar-refractivity contribution in [2.24, 2.45) is 10.7 Å². The molecule has 1 aliphatic rings. The Morgan fingerprint density at radius 3 is 2.67 bits per heavy atom. The maximum Gasteiger partial charge on any atom is 0.264 e. The fraction of sp³-hybridized carbons (Fsp3) is 0.308. The summed E-state index contributed by atoms with van der Waals surface area (Å²) in [6.07, 6.45) is 0.401. The summed E-state index contributed by atoms with van der Waals surface area (Å²) < 4.78 is 0. The number of hydrogen-bond acceptors (Lipinski definition) is 3. The standard InChI is InChI=1S/C13H15N3O2/c1-8-4-2-3-5-9(8)11-12(17)15-10(6-7-14)16-13(11)18/h2-5,11H,6-7,14H2,1H3,(H,15,16,17,18). The van der Waals surface area contributed by atoms with Crippen LogP contribution in [0.1, 0.15) is 23.5 Å². The Labute approximate surface area is 105 Å². The first-order valence-corrected chi connectivity index (χ1v) is 5.81. The third-order valence-corrected chi connectivity index (χ3v) is 2.90. The molecule has 0 spiro atoms. The minimum atomic E-state index is -0.840. The summed E-state index contributed by atoms with van der Waals surface area (Å²) in [7, 11) is 0. The maximum absolute atomic E-state index is 12.0. The molecule has 1 aromatic carbocycles. The molecule has 5 heteroatoms. The average molecular weight is 245 g/mol. The van der Waals surface area contributed by atoms with Gasteiger partial charge in [-0.15, -0.1) is 0 Å². The van der Waals surface area contributed by atoms with Crippen LogP contribution in [-0.2, 0) is 9.59 Å². The van der Waals surface area contributed by atoms with E-state index in [-0.39, 0.29) is 5.91 Å². The number of carbonyl (C=O) groups excluding carboxylic acids is 2. The highest BCUT2D eigenvalue weighted by Gasteiger charge is 2.33. The molecule has 1 heterocycles. The minimum absolute atomic E-state index is 0.326. The first-order chi connectivity index (χ1) is 8.63. The molecular weight excluding hydrogens is 230 g/mol. The smallest absolute Gasteiger partial charge is 0.264 e. The molecule has 1 aromatic rings. The summed E-state index contributed by atoms with van der Waals surface area (Å²) >= 11 is 0. The summed E-state index contributed by atoms with van der Waals surface area (Å²) in [5.41, 5.74) is 6.99. The van der Waals surface area contributed by atoms with Crippen molar-refractivity contribution in [2.75, 3.05) is 6.54 Å². The Kier molecular flexibility index (Phi) is 3.53. The molecule has 1 unspecified atom stereocenters. The molecule has 0 bridgehead atoms. The van der Waals surface area contributed by atoms with Gasteiger partial charge in [0.15, 0.2) is 0 Å². The van der Waals surface area contributed by atoms with Crippen molar-refractivity contribution >= 4 is 17.6 Å². The third-order valence-electron chi connectivity index (χ3n) is 2.90. The lowest BCUT2D eigenvalue weighted by Gasteiger charge is -2.21. The van der Waals surface area contributed by atoms with Crippen molar-refractivity contribution in [2.45, 2.75) is 19.3 Å². The van der Waals surface area contributed by atoms with Crippen molar-refractivity contribution in [1.82, 2.24) is 5.32 Å². The fourth-order valence-electron chi connectivity index (χ4n) is 1.99. The highest BCUT2D eigenvalue weighted by molar-refractivity contribution is 6.19. The number of amidine groups is 1. The van der Waals surface area contributed by atoms with E-state index in [2.05, 4.69) is 10.3 Å². The summed E-state index contributed by atoms with van der Waals surface area (Å²) in [6, 6.07) is 7.32. The lowest BCUT2D eigenvalue weighted by molar-refractivity contribution is -0.129. The van der Waals surface area contributed by atoms with Crippen molar-refractivity contribution in [3.8, 4) is 0 Å². The molecule has 0 saturated heterocycles. The highest BCUT2D eigenvalue weighted by Crippen LogP contribution is 2.23. The van der Waals surface area contributed by atoms with E-state index in [9.17, 15) is 9.59 Å². The van der Waals surface area contributed by atoms with Crippen LogP contribution < -0.4 is 11.1 Å². The Morgan fingerprint density at radius 2 is 2.06 bits per heavy atom. The van der Waals surface area contributed by atoms with Crippen LogP contribution >= 0.6 is 0 Å². The third kappa shape index (κ3) is 2.31. The van der Waals surface area contributed by atoms with Gasteiger partial charge in [0.1, 0.15) is 11.8 Å². The van der Waals surface area contributed by atoms with Crippen LogP contribution in [0.3, 0.4) is 0 Å². The predicted molar refractivity (Wildman–Crippen MR) is 68.2 cm³/mol. The maximum atomic E-state index is 12.0. The van der Waals surface area contributed by atoms with Crippen LogP contribution in [0.15, 0.2) is 29.3 Å². The monoisotopic (exact) mass is 245 g/mol. The van der Waals surface area contributed by atoms with Gasteiger partial charge in [-0.2, -0.15) is 4.99 Å². The first-order valence-electron chi connectivity index (χ1n) is 5.81. The van der Waals surface area contributed by atoms with Gasteiger partial charge in [0.05, 0.1) is 0 Å². The lowest BCUT2D eigenvalue weighted by Crippen LogP contribution is -2.43. The van der Waals surface area contributed by atoms with E-state index in [1.165, 1.54) is 0 Å². The molecule has 0 radical (unpaired) electrons. The van der Waals surface area contributed by atoms with E-state index in [1.807, 2.05) is 25.1 Å². The van der Waals surface area contributed by atoms with Crippen molar-refractivity contribution < 1.29 is 9.59 Å². The summed E-state index contributed by atoms with van der Waals surface area (Å²) in [5, 5.41) is 2.63. The molecule has 1 aliphatic heterocycles. The van der Waals surface area contributed by atoms with Gasteiger partial charge < -0.3 is 11.1 Å². The second kappa shape index (κ2) is 5.10. The van der Waals surface area contributed by atoms with E-state index in [4.69, 9.17) is 5.73 Å². The van der Waals surface area contributed by atoms with Gasteiger partial charge in [-0.25, -0.2) is 0 Å². The molecule has 0 aromatic heterocycles. The molecule has 5 nitrogen and oxygen atoms in total. The number of amides is 2. The lowest BCUT2D eigenvalue weighted by atomic mass is 9.92. The quantitative estimate of drug-likeness (QED) is 0.760. The molecular formula is C13H15N3O2. The number of hydrogen-bond donors (Lipinski definition) is 2. The molecule has 18 heavy (non-hydrogen) atoms. The van der Waals surface area contributed by atoms with Crippen LogP contribution in [0, 0.1) is 6.92 Å². The predicted octanol–water partition coefficient (Wildman–Crippen LogP) is 0.482. The SMILES string of the molecule is Cc1ccccc1C1C(=O)N=C(CCN)NC1=O. The Hall–Kier alpha value is -2.01. The molecule has 3 N–H and O–H groups in total. The van der Waals surface area contributed by atoms with Gasteiger partial charge in [-0.05, 0) is 24.6 Å². The van der Waals surface area contributed by atoms with Gasteiger partial charge in [-0.1, -0.05) is 24.3 Å². The first kappa shape index (κ1) is 12.4. The average Bonchev–Trinajstić information content (AvgIpc) is 2.31. The van der Waals surface area contributed by atoms with Crippen molar-refractivity contribution in [3.05, 3.63) is 35.4 Å². The van der Waals surface area contributed by atoms with Gasteiger partial charge in [-0.3, -0.25) is 9.59 Å². The number of nitrogens with one attached hydrogen (secondary N) is 1. The van der Waals surface area contributed by atoms with Crippen LogP contribution in [-0.4, -0.2) is 24.2 Å². The van der Waals surface area contributed by atoms with Gasteiger partial charge in [0.2, 0.25) is 5.91 Å². The summed E-state index contributed by atoms with van der Waals surface area (Å²) in [6.45, 7) is 2.22. The molecule has 94 valence electrons. The Balaban J connectivity index is 2.34. The van der Waals surface area contributed by atoms with Gasteiger partial charge in [0.25, 0.3) is 5.91 Å². The number of rotatable bonds is 3. The highest BCUT2D eigenvalue weighted by atomic mass is 16.2. The second-order valence-corrected chi connectivity index (χ2v) is 4.21. The van der Waals surface area contributed by atoms with E-state index >= 15 is 0 Å². The minimum Gasteiger partial charge on any atom is -0.330 e. The molecule has 2 rings (SSSR count). The molecule has 1 atom stereocenters. The summed E-state index contributed by atoms with van der Waals surface area (Å²) in [5.74, 6) is -1.23. The van der Waals surface area contributed by atoms with Gasteiger partial charge >= 0.3 is 0 Å². The summed E-state index contributed by atoms with van der Waals surface area (Å²) in [4.78, 5) is 27.8. The molecule has 2 amide bonds. The zero-order valence-corrected chi connectivity index (χ0v) is 10.1. The Morgan fingerprint density at radius 1 is 1.33 bits per heavy atom. The molecule has 0 aliphatic carbocycles. The van der Waals surface area contributed by atoms with E-state index in [0.29, 0.717) is 24.4 Å². The van der Waals surface area contributed by atoms with Crippen LogP contribution in [0.25, 0.3) is 0 Å². The Bertz CT molecular complexity index is 523. The second-order valence-electron chi connectivity index (χ2n) is 4.21. The van der Waals surface area contributed by atoms with Crippen LogP contribution in [0.4, 0.5) is 0 Å². The van der Waals surface area contributed by atoms with Crippen molar-refractivity contribution in [3.63, 3.8) is 0 Å². The van der Waals surface area contributed by atoms with Crippen LogP contribution in [0.2, 0.25) is 0 Å². The largest absolute Gasteiger partial charge is 0.330 e. The van der Waals surface area contributed by atoms with Crippen LogP contribution in [0.5, 0.6) is 0 Å². The molecule has 0 saturated carbocycles. The number of nitrogens with two attached hydrogens (primary N) is 1. The van der Waals surface area contributed by atoms with E-state index < -0.39 is 11.8 Å². The zero-order valence-electron chi connectivity index (χ0n) is 10.1. The number of aryl methyl sites for hydroxylation is 1. The number of benzene rings is 1. The van der Waals surface area contributed by atoms with E-state index in [0.717, 1.165) is 5.56 Å². The zero-order chi connectivity index (χ0) is 13.1. The normalized spacial score (nSPS) is 19.4. The molecule has 0 fully saturated rings. The number of carbonyl (C=O) groups is 2. The van der Waals surface area contributed by atoms with Crippen molar-refractivity contribution in [1.29, 1.82) is 0 Å². The number of nitrogens with zero attached hydrogens (tertiary/aromatic N) is 1. The fourth-order valence-corrected chi connectivity index (χ4v) is 1.99. The topological polar surface area (TPSA) is 84.6 Å².